The van der Waals surface area contributed by atoms with Crippen LogP contribution < -0.4 is 4.90 Å². The SMILES string of the molecule is Cc1cccc(N2C[C@H](C(=O)OCC(=O)c3ccccc3)CC2=O)c1C. The van der Waals surface area contributed by atoms with Crippen molar-refractivity contribution >= 4 is 23.3 Å². The van der Waals surface area contributed by atoms with Gasteiger partial charge in [-0.2, -0.15) is 0 Å². The molecular formula is C21H21NO4. The van der Waals surface area contributed by atoms with E-state index in [0.29, 0.717) is 5.56 Å². The lowest BCUT2D eigenvalue weighted by Crippen LogP contribution is -2.27. The van der Waals surface area contributed by atoms with Gasteiger partial charge in [0.05, 0.1) is 5.92 Å². The number of ether oxygens (including phenoxy) is 1. The van der Waals surface area contributed by atoms with E-state index in [9.17, 15) is 14.4 Å². The lowest BCUT2D eigenvalue weighted by molar-refractivity contribution is -0.147. The standard InChI is InChI=1S/C21H21NO4/c1-14-7-6-10-18(15(14)2)22-12-17(11-20(22)24)21(25)26-13-19(23)16-8-4-3-5-9-16/h3-10,17H,11-13H2,1-2H3/t17-/m1/s1. The fraction of sp³-hybridized carbons (Fsp3) is 0.286. The summed E-state index contributed by atoms with van der Waals surface area (Å²) in [5.74, 6) is -1.41. The maximum atomic E-state index is 12.4. The van der Waals surface area contributed by atoms with E-state index in [4.69, 9.17) is 4.74 Å². The van der Waals surface area contributed by atoms with Crippen molar-refractivity contribution in [2.75, 3.05) is 18.1 Å². The number of benzene rings is 2. The molecule has 1 atom stereocenters. The van der Waals surface area contributed by atoms with E-state index >= 15 is 0 Å². The number of rotatable bonds is 5. The monoisotopic (exact) mass is 351 g/mol. The van der Waals surface area contributed by atoms with Crippen LogP contribution in [0.4, 0.5) is 5.69 Å². The van der Waals surface area contributed by atoms with Crippen LogP contribution in [0.3, 0.4) is 0 Å². The number of Topliss-reactive ketones (excluding diaryl/α,β-unsaturated/α-hetero) is 1. The van der Waals surface area contributed by atoms with Crippen LogP contribution in [0, 0.1) is 19.8 Å². The maximum Gasteiger partial charge on any atom is 0.311 e. The minimum Gasteiger partial charge on any atom is -0.457 e. The van der Waals surface area contributed by atoms with Gasteiger partial charge in [-0.1, -0.05) is 42.5 Å². The van der Waals surface area contributed by atoms with Gasteiger partial charge in [-0.25, -0.2) is 0 Å². The number of carbonyl (C=O) groups excluding carboxylic acids is 3. The largest absolute Gasteiger partial charge is 0.457 e. The molecule has 0 unspecified atom stereocenters. The summed E-state index contributed by atoms with van der Waals surface area (Å²) in [6, 6.07) is 14.5. The van der Waals surface area contributed by atoms with Crippen LogP contribution in [-0.2, 0) is 14.3 Å². The van der Waals surface area contributed by atoms with Gasteiger partial charge in [0, 0.05) is 24.2 Å². The third-order valence-electron chi connectivity index (χ3n) is 4.77. The molecule has 1 aliphatic rings. The molecule has 26 heavy (non-hydrogen) atoms. The highest BCUT2D eigenvalue weighted by Gasteiger charge is 2.37. The van der Waals surface area contributed by atoms with Crippen molar-refractivity contribution in [3.05, 3.63) is 65.2 Å². The minimum atomic E-state index is -0.550. The first kappa shape index (κ1) is 17.9. The van der Waals surface area contributed by atoms with Crippen LogP contribution in [0.1, 0.15) is 27.9 Å². The van der Waals surface area contributed by atoms with Crippen molar-refractivity contribution in [2.45, 2.75) is 20.3 Å². The summed E-state index contributed by atoms with van der Waals surface area (Å²) in [5.41, 5.74) is 3.44. The fourth-order valence-electron chi connectivity index (χ4n) is 3.09. The Morgan fingerprint density at radius 1 is 1.08 bits per heavy atom. The number of esters is 1. The number of nitrogens with zero attached hydrogens (tertiary/aromatic N) is 1. The molecule has 2 aromatic rings. The molecule has 0 bridgehead atoms. The summed E-state index contributed by atoms with van der Waals surface area (Å²) < 4.78 is 5.16. The van der Waals surface area contributed by atoms with E-state index in [1.165, 1.54) is 0 Å². The van der Waals surface area contributed by atoms with Crippen LogP contribution in [0.25, 0.3) is 0 Å². The zero-order valence-corrected chi connectivity index (χ0v) is 14.9. The van der Waals surface area contributed by atoms with Crippen LogP contribution in [0.5, 0.6) is 0 Å². The van der Waals surface area contributed by atoms with Crippen molar-refractivity contribution in [3.63, 3.8) is 0 Å². The summed E-state index contributed by atoms with van der Waals surface area (Å²) in [4.78, 5) is 38.3. The van der Waals surface area contributed by atoms with Crippen molar-refractivity contribution in [2.24, 2.45) is 5.92 Å². The summed E-state index contributed by atoms with van der Waals surface area (Å²) >= 11 is 0. The van der Waals surface area contributed by atoms with Gasteiger partial charge in [0.1, 0.15) is 0 Å². The molecule has 5 heteroatoms. The molecular weight excluding hydrogens is 330 g/mol. The number of hydrogen-bond donors (Lipinski definition) is 0. The number of amides is 1. The molecule has 0 saturated carbocycles. The van der Waals surface area contributed by atoms with Gasteiger partial charge in [0.25, 0.3) is 0 Å². The Balaban J connectivity index is 1.62. The highest BCUT2D eigenvalue weighted by atomic mass is 16.5. The highest BCUT2D eigenvalue weighted by molar-refractivity contribution is 6.01. The number of aryl methyl sites for hydroxylation is 1. The predicted molar refractivity (Wildman–Crippen MR) is 98.1 cm³/mol. The predicted octanol–water partition coefficient (Wildman–Crippen LogP) is 3.08. The molecule has 1 saturated heterocycles. The average Bonchev–Trinajstić information content (AvgIpc) is 3.04. The van der Waals surface area contributed by atoms with E-state index in [1.807, 2.05) is 38.1 Å². The summed E-state index contributed by atoms with van der Waals surface area (Å²) in [7, 11) is 0. The molecule has 3 rings (SSSR count). The molecule has 134 valence electrons. The number of carbonyl (C=O) groups is 3. The molecule has 0 aromatic heterocycles. The lowest BCUT2D eigenvalue weighted by Gasteiger charge is -2.20. The lowest BCUT2D eigenvalue weighted by atomic mass is 10.1. The van der Waals surface area contributed by atoms with Crippen molar-refractivity contribution in [1.29, 1.82) is 0 Å². The fourth-order valence-corrected chi connectivity index (χ4v) is 3.09. The van der Waals surface area contributed by atoms with Gasteiger partial charge in [0.2, 0.25) is 5.91 Å². The molecule has 0 aliphatic carbocycles. The van der Waals surface area contributed by atoms with E-state index in [0.717, 1.165) is 16.8 Å². The Labute approximate surface area is 152 Å². The maximum absolute atomic E-state index is 12.4. The second kappa shape index (κ2) is 7.52. The van der Waals surface area contributed by atoms with Crippen LogP contribution in [0.2, 0.25) is 0 Å². The first-order valence-corrected chi connectivity index (χ1v) is 8.59. The van der Waals surface area contributed by atoms with Crippen molar-refractivity contribution in [3.8, 4) is 0 Å². The van der Waals surface area contributed by atoms with Crippen LogP contribution >= 0.6 is 0 Å². The topological polar surface area (TPSA) is 63.7 Å². The Kier molecular flexibility index (Phi) is 5.16. The normalized spacial score (nSPS) is 16.6. The molecule has 0 radical (unpaired) electrons. The molecule has 1 heterocycles. The second-order valence-corrected chi connectivity index (χ2v) is 6.52. The molecule has 5 nitrogen and oxygen atoms in total. The quantitative estimate of drug-likeness (QED) is 0.613. The van der Waals surface area contributed by atoms with Crippen molar-refractivity contribution in [1.82, 2.24) is 0 Å². The molecule has 0 spiro atoms. The minimum absolute atomic E-state index is 0.102. The average molecular weight is 351 g/mol. The van der Waals surface area contributed by atoms with E-state index in [-0.39, 0.29) is 31.3 Å². The zero-order valence-electron chi connectivity index (χ0n) is 14.9. The number of ketones is 1. The highest BCUT2D eigenvalue weighted by Crippen LogP contribution is 2.29. The van der Waals surface area contributed by atoms with Gasteiger partial charge in [-0.15, -0.1) is 0 Å². The van der Waals surface area contributed by atoms with E-state index < -0.39 is 11.9 Å². The van der Waals surface area contributed by atoms with Gasteiger partial charge in [0.15, 0.2) is 12.4 Å². The smallest absolute Gasteiger partial charge is 0.311 e. The van der Waals surface area contributed by atoms with Crippen LogP contribution in [-0.4, -0.2) is 30.8 Å². The molecule has 0 N–H and O–H groups in total. The summed E-state index contributed by atoms with van der Waals surface area (Å²) in [6.45, 7) is 3.92. The Bertz CT molecular complexity index is 844. The molecule has 1 amide bonds. The first-order valence-electron chi connectivity index (χ1n) is 8.59. The number of hydrogen-bond acceptors (Lipinski definition) is 4. The van der Waals surface area contributed by atoms with E-state index in [2.05, 4.69) is 0 Å². The molecule has 2 aromatic carbocycles. The van der Waals surface area contributed by atoms with Gasteiger partial charge in [-0.3, -0.25) is 14.4 Å². The number of anilines is 1. The molecule has 1 fully saturated rings. The zero-order chi connectivity index (χ0) is 18.7. The van der Waals surface area contributed by atoms with Gasteiger partial charge >= 0.3 is 5.97 Å². The van der Waals surface area contributed by atoms with E-state index in [1.54, 1.807) is 29.2 Å². The third-order valence-corrected chi connectivity index (χ3v) is 4.77. The van der Waals surface area contributed by atoms with Gasteiger partial charge in [-0.05, 0) is 31.0 Å². The third kappa shape index (κ3) is 3.67. The van der Waals surface area contributed by atoms with Crippen molar-refractivity contribution < 1.29 is 19.1 Å². The Morgan fingerprint density at radius 3 is 2.54 bits per heavy atom. The first-order chi connectivity index (χ1) is 12.5. The van der Waals surface area contributed by atoms with Crippen LogP contribution in [0.15, 0.2) is 48.5 Å². The summed E-state index contributed by atoms with van der Waals surface area (Å²) in [5, 5.41) is 0. The molecule has 1 aliphatic heterocycles. The van der Waals surface area contributed by atoms with Gasteiger partial charge < -0.3 is 9.64 Å². The summed E-state index contributed by atoms with van der Waals surface area (Å²) in [6.07, 6.45) is 0.103. The Hall–Kier alpha value is -2.95. The Morgan fingerprint density at radius 2 is 1.81 bits per heavy atom. The second-order valence-electron chi connectivity index (χ2n) is 6.52.